The Morgan fingerprint density at radius 2 is 1.88 bits per heavy atom. The molecule has 1 heterocycles. The molecule has 1 aromatic carbocycles. The summed E-state index contributed by atoms with van der Waals surface area (Å²) in [7, 11) is 0. The van der Waals surface area contributed by atoms with Gasteiger partial charge in [-0.05, 0) is 6.07 Å². The molecule has 0 spiro atoms. The third-order valence-electron chi connectivity index (χ3n) is 2.16. The Labute approximate surface area is 94.7 Å². The number of para-hydroxylation sites is 1. The summed E-state index contributed by atoms with van der Waals surface area (Å²) >= 11 is 0. The van der Waals surface area contributed by atoms with E-state index in [1.807, 2.05) is 0 Å². The molecule has 2 rings (SSSR count). The molecule has 0 atom stereocenters. The predicted molar refractivity (Wildman–Crippen MR) is 54.8 cm³/mol. The smallest absolute Gasteiger partial charge is 0.310 e. The average Bonchev–Trinajstić information content (AvgIpc) is 2.28. The van der Waals surface area contributed by atoms with Crippen LogP contribution in [0, 0.1) is 6.57 Å². The maximum atomic E-state index is 12.5. The van der Waals surface area contributed by atoms with Crippen molar-refractivity contribution in [1.82, 2.24) is 9.97 Å². The van der Waals surface area contributed by atoms with Gasteiger partial charge in [0.05, 0.1) is 5.52 Å². The van der Waals surface area contributed by atoms with E-state index in [4.69, 9.17) is 6.57 Å². The molecular formula is C11H6F3N3. The normalized spacial score (nSPS) is 11.4. The van der Waals surface area contributed by atoms with Crippen LogP contribution in [0.4, 0.5) is 13.2 Å². The molecular weight excluding hydrogens is 231 g/mol. The SMILES string of the molecule is [C-]#[N+]Cc1nc(C(F)(F)F)nc2ccccc12. The van der Waals surface area contributed by atoms with Crippen LogP contribution in [0.3, 0.4) is 0 Å². The maximum Gasteiger partial charge on any atom is 0.451 e. The van der Waals surface area contributed by atoms with Crippen molar-refractivity contribution in [2.45, 2.75) is 12.7 Å². The minimum atomic E-state index is -4.60. The van der Waals surface area contributed by atoms with E-state index in [0.717, 1.165) is 0 Å². The summed E-state index contributed by atoms with van der Waals surface area (Å²) in [6.07, 6.45) is -4.60. The van der Waals surface area contributed by atoms with Gasteiger partial charge in [0.2, 0.25) is 5.82 Å². The van der Waals surface area contributed by atoms with Crippen LogP contribution in [0.15, 0.2) is 24.3 Å². The lowest BCUT2D eigenvalue weighted by Gasteiger charge is -2.07. The Morgan fingerprint density at radius 3 is 2.53 bits per heavy atom. The van der Waals surface area contributed by atoms with Crippen LogP contribution < -0.4 is 0 Å². The van der Waals surface area contributed by atoms with E-state index < -0.39 is 12.0 Å². The molecule has 0 N–H and O–H groups in total. The molecule has 1 aromatic heterocycles. The number of benzene rings is 1. The van der Waals surface area contributed by atoms with Crippen molar-refractivity contribution >= 4 is 10.9 Å². The number of halogens is 3. The number of rotatable bonds is 1. The Hall–Kier alpha value is -2.16. The van der Waals surface area contributed by atoms with Gasteiger partial charge in [0, 0.05) is 5.39 Å². The van der Waals surface area contributed by atoms with Crippen LogP contribution in [0.2, 0.25) is 0 Å². The van der Waals surface area contributed by atoms with Crippen LogP contribution in [0.1, 0.15) is 11.5 Å². The molecule has 0 aliphatic heterocycles. The zero-order chi connectivity index (χ0) is 12.5. The van der Waals surface area contributed by atoms with Gasteiger partial charge in [-0.25, -0.2) is 16.5 Å². The van der Waals surface area contributed by atoms with Gasteiger partial charge in [-0.15, -0.1) is 0 Å². The van der Waals surface area contributed by atoms with Gasteiger partial charge in [-0.2, -0.15) is 13.2 Å². The molecule has 0 saturated carbocycles. The van der Waals surface area contributed by atoms with Crippen molar-refractivity contribution in [3.8, 4) is 0 Å². The van der Waals surface area contributed by atoms with Crippen molar-refractivity contribution < 1.29 is 13.2 Å². The van der Waals surface area contributed by atoms with E-state index in [9.17, 15) is 13.2 Å². The van der Waals surface area contributed by atoms with Gasteiger partial charge in [-0.3, -0.25) is 0 Å². The van der Waals surface area contributed by atoms with Gasteiger partial charge in [0.15, 0.2) is 0 Å². The zero-order valence-corrected chi connectivity index (χ0v) is 8.49. The maximum absolute atomic E-state index is 12.5. The van der Waals surface area contributed by atoms with Crippen molar-refractivity contribution in [3.63, 3.8) is 0 Å². The highest BCUT2D eigenvalue weighted by Gasteiger charge is 2.35. The molecule has 3 nitrogen and oxygen atoms in total. The summed E-state index contributed by atoms with van der Waals surface area (Å²) < 4.78 is 37.6. The molecule has 0 saturated heterocycles. The fraction of sp³-hybridized carbons (Fsp3) is 0.182. The molecule has 0 fully saturated rings. The highest BCUT2D eigenvalue weighted by atomic mass is 19.4. The third kappa shape index (κ3) is 2.18. The largest absolute Gasteiger partial charge is 0.451 e. The number of aromatic nitrogens is 2. The van der Waals surface area contributed by atoms with E-state index in [1.165, 1.54) is 6.07 Å². The molecule has 17 heavy (non-hydrogen) atoms. The zero-order valence-electron chi connectivity index (χ0n) is 8.49. The van der Waals surface area contributed by atoms with E-state index in [1.54, 1.807) is 18.2 Å². The second-order valence-electron chi connectivity index (χ2n) is 3.33. The van der Waals surface area contributed by atoms with Gasteiger partial charge < -0.3 is 4.85 Å². The monoisotopic (exact) mass is 237 g/mol. The minimum absolute atomic E-state index is 0.109. The highest BCUT2D eigenvalue weighted by molar-refractivity contribution is 5.80. The molecule has 0 bridgehead atoms. The first-order chi connectivity index (χ1) is 8.02. The lowest BCUT2D eigenvalue weighted by atomic mass is 10.2. The van der Waals surface area contributed by atoms with E-state index >= 15 is 0 Å². The topological polar surface area (TPSA) is 30.1 Å². The first-order valence-electron chi connectivity index (χ1n) is 4.68. The van der Waals surface area contributed by atoms with Gasteiger partial charge in [0.1, 0.15) is 5.69 Å². The molecule has 0 radical (unpaired) electrons. The standard InChI is InChI=1S/C11H6F3N3/c1-15-6-9-7-4-2-3-5-8(7)16-10(17-9)11(12,13)14/h2-5H,6H2. The average molecular weight is 237 g/mol. The molecule has 2 aromatic rings. The number of fused-ring (bicyclic) bond motifs is 1. The van der Waals surface area contributed by atoms with Crippen LogP contribution in [-0.4, -0.2) is 9.97 Å². The summed E-state index contributed by atoms with van der Waals surface area (Å²) in [6.45, 7) is 6.54. The number of alkyl halides is 3. The minimum Gasteiger partial charge on any atom is -0.310 e. The second-order valence-corrected chi connectivity index (χ2v) is 3.33. The van der Waals surface area contributed by atoms with Crippen LogP contribution >= 0.6 is 0 Å². The van der Waals surface area contributed by atoms with Crippen molar-refractivity contribution in [3.05, 3.63) is 47.2 Å². The van der Waals surface area contributed by atoms with E-state index in [-0.39, 0.29) is 17.8 Å². The lowest BCUT2D eigenvalue weighted by molar-refractivity contribution is -0.144. The fourth-order valence-electron chi connectivity index (χ4n) is 1.46. The predicted octanol–water partition coefficient (Wildman–Crippen LogP) is 3.07. The Balaban J connectivity index is 2.72. The van der Waals surface area contributed by atoms with E-state index in [2.05, 4.69) is 14.8 Å². The van der Waals surface area contributed by atoms with Gasteiger partial charge in [-0.1, -0.05) is 18.2 Å². The molecule has 0 amide bonds. The summed E-state index contributed by atoms with van der Waals surface area (Å²) in [5, 5.41) is 0.483. The highest BCUT2D eigenvalue weighted by Crippen LogP contribution is 2.28. The summed E-state index contributed by atoms with van der Waals surface area (Å²) in [5.74, 6) is -1.20. The Morgan fingerprint density at radius 1 is 1.18 bits per heavy atom. The Kier molecular flexibility index (Phi) is 2.68. The number of hydrogen-bond acceptors (Lipinski definition) is 2. The van der Waals surface area contributed by atoms with Gasteiger partial charge in [0.25, 0.3) is 6.54 Å². The lowest BCUT2D eigenvalue weighted by Crippen LogP contribution is -2.12. The molecule has 6 heteroatoms. The molecule has 0 aliphatic carbocycles. The van der Waals surface area contributed by atoms with E-state index in [0.29, 0.717) is 5.39 Å². The summed E-state index contributed by atoms with van der Waals surface area (Å²) in [5.41, 5.74) is 0.311. The van der Waals surface area contributed by atoms with Crippen molar-refractivity contribution in [2.24, 2.45) is 0 Å². The number of nitrogens with zero attached hydrogens (tertiary/aromatic N) is 3. The number of hydrogen-bond donors (Lipinski definition) is 0. The van der Waals surface area contributed by atoms with Crippen LogP contribution in [0.5, 0.6) is 0 Å². The van der Waals surface area contributed by atoms with Crippen LogP contribution in [0.25, 0.3) is 15.7 Å². The Bertz CT molecular complexity index is 599. The quantitative estimate of drug-likeness (QED) is 0.713. The molecule has 0 unspecified atom stereocenters. The fourth-order valence-corrected chi connectivity index (χ4v) is 1.46. The van der Waals surface area contributed by atoms with Crippen molar-refractivity contribution in [2.75, 3.05) is 0 Å². The summed E-state index contributed by atoms with van der Waals surface area (Å²) in [4.78, 5) is 9.93. The first-order valence-corrected chi connectivity index (χ1v) is 4.68. The summed E-state index contributed by atoms with van der Waals surface area (Å²) in [6, 6.07) is 6.35. The third-order valence-corrected chi connectivity index (χ3v) is 2.16. The molecule has 86 valence electrons. The first kappa shape index (κ1) is 11.3. The second kappa shape index (κ2) is 4.01. The van der Waals surface area contributed by atoms with Crippen LogP contribution in [-0.2, 0) is 12.7 Å². The van der Waals surface area contributed by atoms with Gasteiger partial charge >= 0.3 is 6.18 Å². The molecule has 0 aliphatic rings. The van der Waals surface area contributed by atoms with Crippen molar-refractivity contribution in [1.29, 1.82) is 0 Å².